The average molecular weight is 925 g/mol. The molecule has 0 bridgehead atoms. The number of hydrogen-bond donors (Lipinski definition) is 4. The van der Waals surface area contributed by atoms with Crippen LogP contribution in [0.5, 0.6) is 0 Å². The molecule has 0 unspecified atom stereocenters. The summed E-state index contributed by atoms with van der Waals surface area (Å²) in [7, 11) is 2.63. The summed E-state index contributed by atoms with van der Waals surface area (Å²) in [5.74, 6) is -10.3. The quantitative estimate of drug-likeness (QED) is 0.252. The van der Waals surface area contributed by atoms with Crippen molar-refractivity contribution in [2.75, 3.05) is 27.2 Å². The summed E-state index contributed by atoms with van der Waals surface area (Å²) < 4.78 is 70.9. The smallest absolute Gasteiger partial charge is 0.354 e. The lowest BCUT2D eigenvalue weighted by atomic mass is 9.97. The van der Waals surface area contributed by atoms with Gasteiger partial charge in [-0.2, -0.15) is 13.2 Å². The Bertz CT molecular complexity index is 1900. The van der Waals surface area contributed by atoms with Gasteiger partial charge in [-0.25, -0.2) is 8.78 Å². The number of hydrogen-bond acceptors (Lipinski definition) is 7. The van der Waals surface area contributed by atoms with Crippen molar-refractivity contribution in [1.29, 1.82) is 0 Å². The van der Waals surface area contributed by atoms with Crippen LogP contribution in [0.3, 0.4) is 0 Å². The molecule has 4 rings (SSSR count). The molecule has 1 saturated carbocycles. The fraction of sp³-hybridized carbons (Fsp3) is 0.683. The number of amides is 7. The van der Waals surface area contributed by atoms with Gasteiger partial charge in [-0.15, -0.1) is 0 Å². The summed E-state index contributed by atoms with van der Waals surface area (Å²) in [6.07, 6.45) is -7.15. The third kappa shape index (κ3) is 11.6. The summed E-state index contributed by atoms with van der Waals surface area (Å²) in [5.41, 5.74) is -3.89. The van der Waals surface area contributed by atoms with Crippen molar-refractivity contribution in [1.82, 2.24) is 36.0 Å². The number of carbonyl (C=O) groups excluding carboxylic acids is 7. The van der Waals surface area contributed by atoms with Crippen molar-refractivity contribution in [2.24, 2.45) is 11.3 Å². The maximum absolute atomic E-state index is 14.7. The Morgan fingerprint density at radius 3 is 2.26 bits per heavy atom. The number of benzene rings is 1. The molecule has 0 aromatic heterocycles. The van der Waals surface area contributed by atoms with Crippen LogP contribution in [0.15, 0.2) is 18.2 Å². The molecule has 21 heteroatoms. The average Bonchev–Trinajstić information content (AvgIpc) is 3.94. The van der Waals surface area contributed by atoms with Crippen LogP contribution in [0.4, 0.5) is 22.0 Å². The van der Waals surface area contributed by atoms with Crippen LogP contribution in [0.1, 0.15) is 91.5 Å². The number of nitrogens with zero attached hydrogens (tertiary/aromatic N) is 3. The van der Waals surface area contributed by atoms with E-state index in [-0.39, 0.29) is 54.5 Å². The summed E-state index contributed by atoms with van der Waals surface area (Å²) in [5, 5.41) is 11.2. The molecule has 346 valence electrons. The van der Waals surface area contributed by atoms with Crippen molar-refractivity contribution in [3.8, 4) is 0 Å². The fourth-order valence-corrected chi connectivity index (χ4v) is 8.19. The van der Waals surface area contributed by atoms with Crippen LogP contribution in [-0.2, 0) is 40.0 Å². The van der Waals surface area contributed by atoms with Crippen LogP contribution >= 0.6 is 23.2 Å². The molecule has 2 heterocycles. The molecule has 5 atom stereocenters. The van der Waals surface area contributed by atoms with Crippen molar-refractivity contribution >= 4 is 64.6 Å². The van der Waals surface area contributed by atoms with Crippen molar-refractivity contribution in [3.05, 3.63) is 33.8 Å². The Morgan fingerprint density at radius 1 is 1.03 bits per heavy atom. The second kappa shape index (κ2) is 19.6. The monoisotopic (exact) mass is 923 g/mol. The van der Waals surface area contributed by atoms with E-state index in [4.69, 9.17) is 23.2 Å². The first kappa shape index (κ1) is 50.4. The molecule has 0 spiro atoms. The minimum atomic E-state index is -5.02. The molecule has 0 radical (unpaired) electrons. The number of rotatable bonds is 10. The summed E-state index contributed by atoms with van der Waals surface area (Å²) in [6.45, 7) is 6.78. The molecule has 3 aliphatic rings. The van der Waals surface area contributed by atoms with E-state index in [2.05, 4.69) is 21.3 Å². The SMILES string of the molecule is CC[C@H](NC(=O)[C@@H]1CC(F)(F)CN1C(=O)C1(C(F)(F)F)CC1)C(=O)N(C)[C@H]1CCCCNC(=O)C(C)(C)NC(=O)[C@H](Cc2cc(Cl)ccc2Cl)N(C)C(=O)[C@H](CC(C)C)NC1=O. The molecular weight excluding hydrogens is 868 g/mol. The van der Waals surface area contributed by atoms with Gasteiger partial charge in [-0.05, 0) is 88.5 Å². The van der Waals surface area contributed by atoms with Crippen molar-refractivity contribution < 1.29 is 55.5 Å². The molecule has 1 aromatic carbocycles. The molecule has 7 amide bonds. The Kier molecular flexibility index (Phi) is 16.0. The molecule has 62 heavy (non-hydrogen) atoms. The van der Waals surface area contributed by atoms with Crippen molar-refractivity contribution in [3.63, 3.8) is 0 Å². The largest absolute Gasteiger partial charge is 0.403 e. The predicted octanol–water partition coefficient (Wildman–Crippen LogP) is 4.39. The summed E-state index contributed by atoms with van der Waals surface area (Å²) in [4.78, 5) is 99.3. The number of likely N-dealkylation sites (tertiary alicyclic amines) is 1. The maximum atomic E-state index is 14.7. The van der Waals surface area contributed by atoms with E-state index >= 15 is 0 Å². The lowest BCUT2D eigenvalue weighted by molar-refractivity contribution is -0.199. The van der Waals surface area contributed by atoms with Crippen molar-refractivity contribution in [2.45, 2.75) is 140 Å². The highest BCUT2D eigenvalue weighted by molar-refractivity contribution is 6.33. The Hall–Kier alpha value is -4.26. The van der Waals surface area contributed by atoms with Gasteiger partial charge in [0, 0.05) is 43.5 Å². The Morgan fingerprint density at radius 2 is 1.68 bits per heavy atom. The highest BCUT2D eigenvalue weighted by Gasteiger charge is 2.71. The molecular formula is C41H56Cl2F5N7O7. The zero-order chi connectivity index (χ0) is 46.7. The van der Waals surface area contributed by atoms with Gasteiger partial charge in [0.05, 0.1) is 6.54 Å². The second-order valence-electron chi connectivity index (χ2n) is 17.5. The van der Waals surface area contributed by atoms with Gasteiger partial charge in [0.2, 0.25) is 41.4 Å². The number of carbonyl (C=O) groups is 7. The topological polar surface area (TPSA) is 177 Å². The first-order valence-corrected chi connectivity index (χ1v) is 21.4. The predicted molar refractivity (Wildman–Crippen MR) is 219 cm³/mol. The third-order valence-electron chi connectivity index (χ3n) is 11.7. The maximum Gasteiger partial charge on any atom is 0.403 e. The van der Waals surface area contributed by atoms with E-state index in [1.54, 1.807) is 26.0 Å². The van der Waals surface area contributed by atoms with Crippen LogP contribution in [0.25, 0.3) is 0 Å². The molecule has 3 fully saturated rings. The number of nitrogens with one attached hydrogen (secondary N) is 4. The lowest BCUT2D eigenvalue weighted by Crippen LogP contribution is -2.62. The zero-order valence-electron chi connectivity index (χ0n) is 35.8. The Balaban J connectivity index is 1.63. The molecule has 4 N–H and O–H groups in total. The third-order valence-corrected chi connectivity index (χ3v) is 12.3. The van der Waals surface area contributed by atoms with Gasteiger partial charge in [-0.3, -0.25) is 33.6 Å². The van der Waals surface area contributed by atoms with E-state index < -0.39 is 120 Å². The first-order valence-electron chi connectivity index (χ1n) is 20.6. The minimum Gasteiger partial charge on any atom is -0.354 e. The molecule has 14 nitrogen and oxygen atoms in total. The van der Waals surface area contributed by atoms with E-state index in [1.807, 2.05) is 0 Å². The fourth-order valence-electron chi connectivity index (χ4n) is 7.80. The molecule has 2 saturated heterocycles. The van der Waals surface area contributed by atoms with E-state index in [0.717, 1.165) is 9.80 Å². The van der Waals surface area contributed by atoms with Gasteiger partial charge < -0.3 is 36.0 Å². The van der Waals surface area contributed by atoms with E-state index in [0.29, 0.717) is 17.0 Å². The zero-order valence-corrected chi connectivity index (χ0v) is 37.3. The van der Waals surface area contributed by atoms with Gasteiger partial charge in [0.25, 0.3) is 5.92 Å². The highest BCUT2D eigenvalue weighted by Crippen LogP contribution is 2.59. The van der Waals surface area contributed by atoms with Crippen LogP contribution in [-0.4, -0.2) is 131 Å². The van der Waals surface area contributed by atoms with Crippen LogP contribution in [0, 0.1) is 11.3 Å². The normalized spacial score (nSPS) is 25.1. The molecule has 2 aliphatic heterocycles. The second-order valence-corrected chi connectivity index (χ2v) is 18.3. The van der Waals surface area contributed by atoms with Gasteiger partial charge >= 0.3 is 6.18 Å². The van der Waals surface area contributed by atoms with Gasteiger partial charge in [-0.1, -0.05) is 44.0 Å². The van der Waals surface area contributed by atoms with E-state index in [1.165, 1.54) is 40.9 Å². The van der Waals surface area contributed by atoms with E-state index in [9.17, 15) is 55.5 Å². The molecule has 1 aromatic rings. The van der Waals surface area contributed by atoms with Crippen LogP contribution < -0.4 is 21.3 Å². The molecule has 1 aliphatic carbocycles. The minimum absolute atomic E-state index is 0.0145. The van der Waals surface area contributed by atoms with Crippen LogP contribution in [0.2, 0.25) is 10.0 Å². The highest BCUT2D eigenvalue weighted by atomic mass is 35.5. The number of likely N-dealkylation sites (N-methyl/N-ethyl adjacent to an activating group) is 2. The first-order chi connectivity index (χ1) is 28.7. The summed E-state index contributed by atoms with van der Waals surface area (Å²) in [6, 6.07) is -2.67. The van der Waals surface area contributed by atoms with Gasteiger partial charge in [0.15, 0.2) is 0 Å². The lowest BCUT2D eigenvalue weighted by Gasteiger charge is -2.36. The standard InChI is InChI=1S/C41H56Cl2F5N7O7/c1-8-26(50-32(57)30-20-40(44,45)21-55(30)37(62)39(14-15-39)41(46,47)48)34(59)53(6)28-11-9-10-16-49-36(61)38(4,5)52-33(58)29(19-23-18-24(42)12-13-25(23)43)54(7)35(60)27(17-22(2)3)51-31(28)56/h12-13,18,22,26-30H,8-11,14-17,19-21H2,1-7H3,(H,49,61)(H,50,57)(H,51,56)(H,52,58)/t26-,27-,28-,29-,30-/m0/s1. The van der Waals surface area contributed by atoms with Gasteiger partial charge in [0.1, 0.15) is 41.2 Å². The number of halogens is 7. The summed E-state index contributed by atoms with van der Waals surface area (Å²) >= 11 is 12.7. The Labute approximate surface area is 367 Å². The number of alkyl halides is 5.